The number of halogens is 3. The van der Waals surface area contributed by atoms with E-state index in [0.29, 0.717) is 0 Å². The standard InChI is InChI=1S/C12H13F3N4O/c1-6(2)11(20)19-18-10-8(5-16)9(12(13,14)15)4-7(3)17-10/h4,6H,1-3H3,(H,17,18)(H,19,20). The van der Waals surface area contributed by atoms with E-state index in [4.69, 9.17) is 5.26 Å². The van der Waals surface area contributed by atoms with Gasteiger partial charge in [-0.1, -0.05) is 13.8 Å². The second kappa shape index (κ2) is 5.77. The quantitative estimate of drug-likeness (QED) is 0.836. The lowest BCUT2D eigenvalue weighted by molar-refractivity contribution is -0.137. The fourth-order valence-corrected chi connectivity index (χ4v) is 1.37. The molecule has 1 aromatic rings. The van der Waals surface area contributed by atoms with Gasteiger partial charge in [0.05, 0.1) is 5.56 Å². The molecule has 2 N–H and O–H groups in total. The fraction of sp³-hybridized carbons (Fsp3) is 0.417. The maximum Gasteiger partial charge on any atom is 0.417 e. The smallest absolute Gasteiger partial charge is 0.281 e. The summed E-state index contributed by atoms with van der Waals surface area (Å²) in [4.78, 5) is 15.2. The summed E-state index contributed by atoms with van der Waals surface area (Å²) in [5.41, 5.74) is 2.81. The molecule has 0 aliphatic heterocycles. The molecule has 1 rings (SSSR count). The van der Waals surface area contributed by atoms with Gasteiger partial charge in [0, 0.05) is 11.6 Å². The van der Waals surface area contributed by atoms with Crippen LogP contribution in [0.15, 0.2) is 6.07 Å². The average Bonchev–Trinajstić information content (AvgIpc) is 2.33. The number of hydrazine groups is 1. The summed E-state index contributed by atoms with van der Waals surface area (Å²) >= 11 is 0. The van der Waals surface area contributed by atoms with Crippen LogP contribution in [0, 0.1) is 24.2 Å². The van der Waals surface area contributed by atoms with Gasteiger partial charge in [0.15, 0.2) is 5.82 Å². The SMILES string of the molecule is Cc1cc(C(F)(F)F)c(C#N)c(NNC(=O)C(C)C)n1. The van der Waals surface area contributed by atoms with Crippen molar-refractivity contribution in [3.63, 3.8) is 0 Å². The van der Waals surface area contributed by atoms with E-state index in [1.807, 2.05) is 0 Å². The second-order valence-corrected chi connectivity index (χ2v) is 4.41. The van der Waals surface area contributed by atoms with E-state index in [-0.39, 0.29) is 17.4 Å². The Bertz CT molecular complexity index is 561. The summed E-state index contributed by atoms with van der Waals surface area (Å²) in [6.07, 6.45) is -4.67. The van der Waals surface area contributed by atoms with Crippen LogP contribution in [0.25, 0.3) is 0 Å². The van der Waals surface area contributed by atoms with Crippen LogP contribution in [0.2, 0.25) is 0 Å². The molecule has 0 fully saturated rings. The van der Waals surface area contributed by atoms with Gasteiger partial charge in [-0.05, 0) is 13.0 Å². The van der Waals surface area contributed by atoms with Crippen molar-refractivity contribution in [3.8, 4) is 6.07 Å². The van der Waals surface area contributed by atoms with Crippen LogP contribution in [0.4, 0.5) is 19.0 Å². The number of aromatic nitrogens is 1. The van der Waals surface area contributed by atoms with Gasteiger partial charge in [-0.15, -0.1) is 0 Å². The Balaban J connectivity index is 3.17. The van der Waals surface area contributed by atoms with Gasteiger partial charge >= 0.3 is 6.18 Å². The predicted octanol–water partition coefficient (Wildman–Crippen LogP) is 2.38. The second-order valence-electron chi connectivity index (χ2n) is 4.41. The molecule has 0 unspecified atom stereocenters. The number of hydrogen-bond acceptors (Lipinski definition) is 4. The number of nitrogens with one attached hydrogen (secondary N) is 2. The Labute approximate surface area is 113 Å². The molecule has 20 heavy (non-hydrogen) atoms. The zero-order chi connectivity index (χ0) is 15.5. The van der Waals surface area contributed by atoms with Crippen molar-refractivity contribution in [1.29, 1.82) is 5.26 Å². The van der Waals surface area contributed by atoms with Gasteiger partial charge in [0.1, 0.15) is 11.6 Å². The molecule has 0 spiro atoms. The predicted molar refractivity (Wildman–Crippen MR) is 65.3 cm³/mol. The number of nitriles is 1. The Kier molecular flexibility index (Phi) is 4.55. The molecule has 0 aliphatic carbocycles. The normalized spacial score (nSPS) is 11.1. The highest BCUT2D eigenvalue weighted by Gasteiger charge is 2.35. The maximum absolute atomic E-state index is 12.8. The largest absolute Gasteiger partial charge is 0.417 e. The first-order valence-corrected chi connectivity index (χ1v) is 5.71. The van der Waals surface area contributed by atoms with Gasteiger partial charge in [-0.2, -0.15) is 18.4 Å². The zero-order valence-corrected chi connectivity index (χ0v) is 11.1. The number of nitrogens with zero attached hydrogens (tertiary/aromatic N) is 2. The molecule has 0 saturated heterocycles. The van der Waals surface area contributed by atoms with Crippen molar-refractivity contribution in [3.05, 3.63) is 22.9 Å². The summed E-state index contributed by atoms with van der Waals surface area (Å²) in [6, 6.07) is 2.24. The number of alkyl halides is 3. The molecule has 8 heteroatoms. The van der Waals surface area contributed by atoms with E-state index >= 15 is 0 Å². The van der Waals surface area contributed by atoms with E-state index in [1.165, 1.54) is 13.0 Å². The molecule has 1 aromatic heterocycles. The third-order valence-corrected chi connectivity index (χ3v) is 2.39. The minimum Gasteiger partial charge on any atom is -0.281 e. The number of anilines is 1. The first-order chi connectivity index (χ1) is 9.16. The van der Waals surface area contributed by atoms with E-state index in [9.17, 15) is 18.0 Å². The lowest BCUT2D eigenvalue weighted by atomic mass is 10.1. The first kappa shape index (κ1) is 15.8. The summed E-state index contributed by atoms with van der Waals surface area (Å²) < 4.78 is 38.5. The van der Waals surface area contributed by atoms with Gasteiger partial charge < -0.3 is 0 Å². The van der Waals surface area contributed by atoms with E-state index in [0.717, 1.165) is 6.07 Å². The minimum atomic E-state index is -4.67. The van der Waals surface area contributed by atoms with Crippen molar-refractivity contribution in [1.82, 2.24) is 10.4 Å². The summed E-state index contributed by atoms with van der Waals surface area (Å²) in [5.74, 6) is -1.11. The van der Waals surface area contributed by atoms with Gasteiger partial charge in [-0.25, -0.2) is 4.98 Å². The topological polar surface area (TPSA) is 77.8 Å². The number of hydrogen-bond donors (Lipinski definition) is 2. The molecule has 1 amide bonds. The highest BCUT2D eigenvalue weighted by atomic mass is 19.4. The van der Waals surface area contributed by atoms with Crippen LogP contribution < -0.4 is 10.9 Å². The van der Waals surface area contributed by atoms with E-state index in [2.05, 4.69) is 15.8 Å². The van der Waals surface area contributed by atoms with Crippen molar-refractivity contribution >= 4 is 11.7 Å². The molecule has 0 aliphatic rings. The van der Waals surface area contributed by atoms with Crippen LogP contribution >= 0.6 is 0 Å². The monoisotopic (exact) mass is 286 g/mol. The Hall–Kier alpha value is -2.30. The molecule has 0 saturated carbocycles. The molecule has 5 nitrogen and oxygen atoms in total. The third-order valence-electron chi connectivity index (χ3n) is 2.39. The van der Waals surface area contributed by atoms with E-state index in [1.54, 1.807) is 13.8 Å². The van der Waals surface area contributed by atoms with Gasteiger partial charge in [0.2, 0.25) is 5.91 Å². The van der Waals surface area contributed by atoms with Crippen LogP contribution in [0.3, 0.4) is 0 Å². The molecule has 0 atom stereocenters. The Morgan fingerprint density at radius 1 is 1.45 bits per heavy atom. The lowest BCUT2D eigenvalue weighted by Crippen LogP contribution is -2.33. The Morgan fingerprint density at radius 3 is 2.50 bits per heavy atom. The summed E-state index contributed by atoms with van der Waals surface area (Å²) in [5, 5.41) is 8.89. The van der Waals surface area contributed by atoms with Crippen LogP contribution in [0.5, 0.6) is 0 Å². The highest BCUT2D eigenvalue weighted by molar-refractivity contribution is 5.79. The Morgan fingerprint density at radius 2 is 2.05 bits per heavy atom. The molecule has 0 bridgehead atoms. The van der Waals surface area contributed by atoms with Crippen molar-refractivity contribution < 1.29 is 18.0 Å². The molecular weight excluding hydrogens is 273 g/mol. The van der Waals surface area contributed by atoms with Gasteiger partial charge in [0.25, 0.3) is 0 Å². The first-order valence-electron chi connectivity index (χ1n) is 5.71. The summed E-state index contributed by atoms with van der Waals surface area (Å²) in [6.45, 7) is 4.60. The minimum absolute atomic E-state index is 0.0811. The molecule has 108 valence electrons. The highest BCUT2D eigenvalue weighted by Crippen LogP contribution is 2.34. The lowest BCUT2D eigenvalue weighted by Gasteiger charge is -2.15. The average molecular weight is 286 g/mol. The summed E-state index contributed by atoms with van der Waals surface area (Å²) in [7, 11) is 0. The molecule has 0 radical (unpaired) electrons. The number of rotatable bonds is 3. The van der Waals surface area contributed by atoms with Crippen LogP contribution in [-0.2, 0) is 11.0 Å². The number of pyridine rings is 1. The number of aryl methyl sites for hydroxylation is 1. The van der Waals surface area contributed by atoms with Crippen molar-refractivity contribution in [2.45, 2.75) is 26.9 Å². The van der Waals surface area contributed by atoms with Crippen LogP contribution in [-0.4, -0.2) is 10.9 Å². The number of carbonyl (C=O) groups is 1. The fourth-order valence-electron chi connectivity index (χ4n) is 1.37. The van der Waals surface area contributed by atoms with Crippen molar-refractivity contribution in [2.75, 3.05) is 5.43 Å². The third kappa shape index (κ3) is 3.60. The molecular formula is C12H13F3N4O. The number of carbonyl (C=O) groups excluding carboxylic acids is 1. The van der Waals surface area contributed by atoms with E-state index < -0.39 is 23.2 Å². The molecule has 0 aromatic carbocycles. The van der Waals surface area contributed by atoms with Gasteiger partial charge in [-0.3, -0.25) is 15.6 Å². The molecule has 1 heterocycles. The van der Waals surface area contributed by atoms with Crippen molar-refractivity contribution in [2.24, 2.45) is 5.92 Å². The zero-order valence-electron chi connectivity index (χ0n) is 11.1. The maximum atomic E-state index is 12.8. The number of amides is 1. The van der Waals surface area contributed by atoms with Crippen LogP contribution in [0.1, 0.15) is 30.7 Å².